The molecule has 5 rings (SSSR count). The Bertz CT molecular complexity index is 701. The van der Waals surface area contributed by atoms with Gasteiger partial charge < -0.3 is 18.8 Å². The molecule has 2 saturated heterocycles. The van der Waals surface area contributed by atoms with Gasteiger partial charge >= 0.3 is 14.1 Å². The maximum Gasteiger partial charge on any atom is 0.431 e. The van der Waals surface area contributed by atoms with Gasteiger partial charge in [-0.15, -0.1) is 11.3 Å². The molecule has 1 aliphatic carbocycles. The fourth-order valence-corrected chi connectivity index (χ4v) is 7.26. The Hall–Kier alpha value is 0.00987. The lowest BCUT2D eigenvalue weighted by Gasteiger charge is -2.41. The molecule has 2 unspecified atom stereocenters. The molecule has 4 heterocycles. The van der Waals surface area contributed by atoms with Gasteiger partial charge in [0.2, 0.25) is 0 Å². The molecule has 1 aromatic rings. The van der Waals surface area contributed by atoms with Crippen LogP contribution >= 0.6 is 39.0 Å². The van der Waals surface area contributed by atoms with Gasteiger partial charge in [-0.2, -0.15) is 0 Å². The quantitative estimate of drug-likeness (QED) is 0.532. The summed E-state index contributed by atoms with van der Waals surface area (Å²) < 4.78 is 20.1. The molecule has 4 aliphatic rings. The van der Waals surface area contributed by atoms with Crippen LogP contribution in [0.2, 0.25) is 0 Å². The van der Waals surface area contributed by atoms with Crippen LogP contribution in [0.3, 0.4) is 0 Å². The second-order valence-corrected chi connectivity index (χ2v) is 10.7. The number of nitrogens with zero attached hydrogens (tertiary/aromatic N) is 2. The Kier molecular flexibility index (Phi) is 4.50. The summed E-state index contributed by atoms with van der Waals surface area (Å²) in [6.07, 6.45) is 3.24. The molecule has 132 valence electrons. The third kappa shape index (κ3) is 3.23. The second-order valence-electron chi connectivity index (χ2n) is 7.12. The second kappa shape index (κ2) is 6.56. The summed E-state index contributed by atoms with van der Waals surface area (Å²) in [4.78, 5) is 6.82. The normalized spacial score (nSPS) is 30.3. The average molecular weight is 441 g/mol. The van der Waals surface area contributed by atoms with Crippen molar-refractivity contribution in [1.29, 1.82) is 0 Å². The van der Waals surface area contributed by atoms with Gasteiger partial charge in [-0.25, -0.2) is 0 Å². The molecule has 10 heteroatoms. The largest absolute Gasteiger partial charge is 0.431 e. The van der Waals surface area contributed by atoms with Gasteiger partial charge in [0.05, 0.1) is 22.3 Å². The van der Waals surface area contributed by atoms with Crippen LogP contribution in [0.4, 0.5) is 0 Å². The highest BCUT2D eigenvalue weighted by Crippen LogP contribution is 2.50. The lowest BCUT2D eigenvalue weighted by Crippen LogP contribution is -2.45. The van der Waals surface area contributed by atoms with E-state index in [1.807, 2.05) is 23.1 Å². The molecule has 25 heavy (non-hydrogen) atoms. The highest BCUT2D eigenvalue weighted by molar-refractivity contribution is 9.11. The molecule has 0 saturated carbocycles. The number of rotatable bonds is 4. The van der Waals surface area contributed by atoms with Crippen LogP contribution in [0.5, 0.6) is 0 Å². The van der Waals surface area contributed by atoms with E-state index in [0.717, 1.165) is 49.8 Å². The lowest BCUT2D eigenvalue weighted by molar-refractivity contribution is 0.125. The highest BCUT2D eigenvalue weighted by Gasteiger charge is 2.53. The van der Waals surface area contributed by atoms with Gasteiger partial charge in [0.15, 0.2) is 0 Å². The molecule has 2 fully saturated rings. The SMILES string of the molecule is COCC1Cc2sc(Br)cc2C2(CCSC(N(B3CO3)B3CO3)=N2)C1. The van der Waals surface area contributed by atoms with E-state index in [4.69, 9.17) is 19.0 Å². The van der Waals surface area contributed by atoms with Crippen LogP contribution in [0, 0.1) is 5.92 Å². The van der Waals surface area contributed by atoms with Gasteiger partial charge in [0.25, 0.3) is 0 Å². The maximum absolute atomic E-state index is 5.56. The number of thioether (sulfide) groups is 1. The Morgan fingerprint density at radius 1 is 1.44 bits per heavy atom. The van der Waals surface area contributed by atoms with Crippen molar-refractivity contribution in [3.05, 3.63) is 20.3 Å². The molecule has 0 bridgehead atoms. The summed E-state index contributed by atoms with van der Waals surface area (Å²) in [7, 11) is 2.11. The monoisotopic (exact) mass is 440 g/mol. The summed E-state index contributed by atoms with van der Waals surface area (Å²) in [5.74, 6) is 1.61. The lowest BCUT2D eigenvalue weighted by atomic mass is 9.73. The first-order chi connectivity index (χ1) is 12.2. The number of fused-ring (bicyclic) bond motifs is 2. The topological polar surface area (TPSA) is 49.9 Å². The molecule has 2 atom stereocenters. The van der Waals surface area contributed by atoms with E-state index < -0.39 is 0 Å². The van der Waals surface area contributed by atoms with Crippen molar-refractivity contribution in [3.8, 4) is 0 Å². The van der Waals surface area contributed by atoms with Crippen molar-refractivity contribution >= 4 is 58.3 Å². The average Bonchev–Trinajstić information content (AvgIpc) is 3.49. The minimum atomic E-state index is -0.123. The number of hydrogen-bond donors (Lipinski definition) is 0. The molecule has 0 N–H and O–H groups in total. The Morgan fingerprint density at radius 2 is 2.20 bits per heavy atom. The summed E-state index contributed by atoms with van der Waals surface area (Å²) in [6.45, 7) is 2.37. The third-order valence-corrected chi connectivity index (χ3v) is 7.94. The number of ether oxygens (including phenoxy) is 1. The number of amidine groups is 1. The Morgan fingerprint density at radius 3 is 2.88 bits per heavy atom. The first kappa shape index (κ1) is 17.1. The summed E-state index contributed by atoms with van der Waals surface area (Å²) in [5.41, 5.74) is 1.30. The van der Waals surface area contributed by atoms with Gasteiger partial charge in [0.1, 0.15) is 5.17 Å². The van der Waals surface area contributed by atoms with Gasteiger partial charge in [0, 0.05) is 24.3 Å². The van der Waals surface area contributed by atoms with Crippen molar-refractivity contribution in [2.24, 2.45) is 10.9 Å². The van der Waals surface area contributed by atoms with Crippen molar-refractivity contribution < 1.29 is 14.0 Å². The number of aliphatic imine (C=N–C) groups is 1. The van der Waals surface area contributed by atoms with Crippen LogP contribution in [0.1, 0.15) is 23.3 Å². The summed E-state index contributed by atoms with van der Waals surface area (Å²) >= 11 is 7.40. The zero-order chi connectivity index (χ0) is 17.0. The van der Waals surface area contributed by atoms with Crippen molar-refractivity contribution in [2.75, 3.05) is 32.5 Å². The minimum Gasteiger partial charge on any atom is -0.418 e. The van der Waals surface area contributed by atoms with Crippen molar-refractivity contribution in [3.63, 3.8) is 0 Å². The molecule has 0 radical (unpaired) electrons. The molecular formula is C15H19B2BrN2O3S2. The van der Waals surface area contributed by atoms with Gasteiger partial charge in [-0.3, -0.25) is 4.99 Å². The van der Waals surface area contributed by atoms with Crippen molar-refractivity contribution in [1.82, 2.24) is 4.72 Å². The number of hydrogen-bond acceptors (Lipinski definition) is 7. The van der Waals surface area contributed by atoms with Gasteiger partial charge in [-0.05, 0) is 52.7 Å². The molecule has 3 aliphatic heterocycles. The highest BCUT2D eigenvalue weighted by atomic mass is 79.9. The number of halogens is 1. The number of methoxy groups -OCH3 is 1. The van der Waals surface area contributed by atoms with Crippen LogP contribution in [-0.2, 0) is 26.0 Å². The predicted octanol–water partition coefficient (Wildman–Crippen LogP) is 2.82. The predicted molar refractivity (Wildman–Crippen MR) is 107 cm³/mol. The van der Waals surface area contributed by atoms with Crippen LogP contribution in [0.25, 0.3) is 0 Å². The van der Waals surface area contributed by atoms with E-state index in [0.29, 0.717) is 5.92 Å². The fraction of sp³-hybridized carbons (Fsp3) is 0.667. The van der Waals surface area contributed by atoms with Crippen LogP contribution in [-0.4, -0.2) is 56.5 Å². The standard InChI is InChI=1S/C15H19B2BrN2O3S2/c1-21-7-10-4-12-11(5-13(18)25-12)15(6-10)2-3-24-14(19-15)20(16-8-22-16)17-9-23-17/h5,10H,2-4,6-9H2,1H3. The zero-order valence-electron chi connectivity index (χ0n) is 14.1. The van der Waals surface area contributed by atoms with Crippen LogP contribution in [0.15, 0.2) is 14.8 Å². The smallest absolute Gasteiger partial charge is 0.418 e. The number of thiophene rings is 1. The van der Waals surface area contributed by atoms with E-state index in [1.165, 1.54) is 14.2 Å². The molecular weight excluding hydrogens is 422 g/mol. The van der Waals surface area contributed by atoms with E-state index in [1.54, 1.807) is 7.11 Å². The minimum absolute atomic E-state index is 0.123. The molecule has 5 nitrogen and oxygen atoms in total. The Balaban J connectivity index is 1.54. The van der Waals surface area contributed by atoms with Gasteiger partial charge in [-0.1, -0.05) is 11.8 Å². The summed E-state index contributed by atoms with van der Waals surface area (Å²) in [5, 5.41) is 1.10. The Labute approximate surface area is 165 Å². The maximum atomic E-state index is 5.56. The van der Waals surface area contributed by atoms with E-state index in [9.17, 15) is 0 Å². The zero-order valence-corrected chi connectivity index (χ0v) is 17.3. The van der Waals surface area contributed by atoms with Crippen molar-refractivity contribution in [2.45, 2.75) is 24.8 Å². The van der Waals surface area contributed by atoms with E-state index in [2.05, 4.69) is 26.7 Å². The molecule has 0 aromatic carbocycles. The van der Waals surface area contributed by atoms with Crippen LogP contribution < -0.4 is 0 Å². The van der Waals surface area contributed by atoms with E-state index in [-0.39, 0.29) is 19.6 Å². The third-order valence-electron chi connectivity index (χ3n) is 5.31. The first-order valence-electron chi connectivity index (χ1n) is 8.70. The van der Waals surface area contributed by atoms with E-state index >= 15 is 0 Å². The molecule has 0 amide bonds. The summed E-state index contributed by atoms with van der Waals surface area (Å²) in [6, 6.07) is 2.30. The molecule has 1 aromatic heterocycles. The first-order valence-corrected chi connectivity index (χ1v) is 11.3. The molecule has 1 spiro atoms. The fourth-order valence-electron chi connectivity index (χ4n) is 4.11.